The van der Waals surface area contributed by atoms with E-state index in [4.69, 9.17) is 12.2 Å². The Morgan fingerprint density at radius 1 is 1.23 bits per heavy atom. The quantitative estimate of drug-likeness (QED) is 0.453. The maximum absolute atomic E-state index is 5.02. The molecule has 13 heavy (non-hydrogen) atoms. The van der Waals surface area contributed by atoms with Crippen LogP contribution in [0.5, 0.6) is 0 Å². The maximum atomic E-state index is 5.02. The molecule has 0 bridgehead atoms. The zero-order valence-corrected chi connectivity index (χ0v) is 11.0. The molecule has 0 unspecified atom stereocenters. The van der Waals surface area contributed by atoms with Gasteiger partial charge in [0.15, 0.2) is 0 Å². The summed E-state index contributed by atoms with van der Waals surface area (Å²) >= 11 is 5.02. The van der Waals surface area contributed by atoms with Crippen LogP contribution in [0.2, 0.25) is 0 Å². The molecule has 0 atom stereocenters. The number of para-hydroxylation sites is 1. The zero-order valence-electron chi connectivity index (χ0n) is 8.19. The van der Waals surface area contributed by atoms with E-state index in [0.29, 0.717) is 5.11 Å². The Kier molecular flexibility index (Phi) is 6.33. The molecular formula is C9H11N2NaS. The Labute approximate surface area is 107 Å². The first kappa shape index (κ1) is 12.9. The molecule has 4 heteroatoms. The molecular weight excluding hydrogens is 191 g/mol. The van der Waals surface area contributed by atoms with Crippen LogP contribution in [-0.2, 0) is 0 Å². The van der Waals surface area contributed by atoms with Gasteiger partial charge in [-0.3, -0.25) is 0 Å². The Bertz CT molecular complexity index is 262. The molecule has 0 amide bonds. The largest absolute Gasteiger partial charge is 1.00 e. The molecule has 0 spiro atoms. The van der Waals surface area contributed by atoms with Gasteiger partial charge >= 0.3 is 29.6 Å². The first-order valence-electron chi connectivity index (χ1n) is 3.68. The predicted octanol–water partition coefficient (Wildman–Crippen LogP) is -0.458. The van der Waals surface area contributed by atoms with E-state index in [9.17, 15) is 0 Å². The molecule has 1 aromatic carbocycles. The number of thiocarbonyl (C=S) groups is 1. The smallest absolute Gasteiger partial charge is 0.466 e. The van der Waals surface area contributed by atoms with E-state index in [0.717, 1.165) is 5.69 Å². The topological polar surface area (TPSA) is 17.3 Å². The molecule has 0 aliphatic heterocycles. The van der Waals surface area contributed by atoms with Gasteiger partial charge in [0.1, 0.15) is 0 Å². The summed E-state index contributed by atoms with van der Waals surface area (Å²) in [7, 11) is 3.77. The van der Waals surface area contributed by atoms with Crippen molar-refractivity contribution >= 4 is 23.0 Å². The van der Waals surface area contributed by atoms with Crippen LogP contribution < -0.4 is 29.6 Å². The van der Waals surface area contributed by atoms with Gasteiger partial charge in [0.05, 0.1) is 0 Å². The molecule has 1 rings (SSSR count). The van der Waals surface area contributed by atoms with Crippen LogP contribution in [0.3, 0.4) is 0 Å². The van der Waals surface area contributed by atoms with Crippen molar-refractivity contribution in [2.75, 3.05) is 14.1 Å². The Hall–Kier alpha value is -0.0900. The van der Waals surface area contributed by atoms with Crippen LogP contribution >= 0.6 is 12.2 Å². The van der Waals surface area contributed by atoms with Crippen molar-refractivity contribution in [3.05, 3.63) is 35.6 Å². The zero-order chi connectivity index (χ0) is 8.97. The number of hydrogen-bond acceptors (Lipinski definition) is 1. The first-order valence-corrected chi connectivity index (χ1v) is 4.09. The Morgan fingerprint density at radius 3 is 2.23 bits per heavy atom. The van der Waals surface area contributed by atoms with Gasteiger partial charge in [-0.05, 0) is 5.69 Å². The molecule has 2 nitrogen and oxygen atoms in total. The van der Waals surface area contributed by atoms with E-state index in [-0.39, 0.29) is 29.6 Å². The van der Waals surface area contributed by atoms with Crippen molar-refractivity contribution in [3.63, 3.8) is 0 Å². The summed E-state index contributed by atoms with van der Waals surface area (Å²) in [5.74, 6) is 0. The molecule has 0 aromatic heterocycles. The van der Waals surface area contributed by atoms with Gasteiger partial charge < -0.3 is 10.2 Å². The summed E-state index contributed by atoms with van der Waals surface area (Å²) in [5, 5.41) is 4.81. The molecule has 0 saturated carbocycles. The summed E-state index contributed by atoms with van der Waals surface area (Å²) in [6.07, 6.45) is 0. The molecule has 0 fully saturated rings. The van der Waals surface area contributed by atoms with Gasteiger partial charge in [-0.15, -0.1) is 0 Å². The van der Waals surface area contributed by atoms with Crippen LogP contribution in [0.4, 0.5) is 5.69 Å². The summed E-state index contributed by atoms with van der Waals surface area (Å²) in [6, 6.07) is 9.69. The van der Waals surface area contributed by atoms with Crippen LogP contribution in [0.25, 0.3) is 5.32 Å². The van der Waals surface area contributed by atoms with Gasteiger partial charge in [0.2, 0.25) is 0 Å². The summed E-state index contributed by atoms with van der Waals surface area (Å²) < 4.78 is 0. The minimum atomic E-state index is 0. The van der Waals surface area contributed by atoms with Crippen molar-refractivity contribution in [2.24, 2.45) is 0 Å². The van der Waals surface area contributed by atoms with Crippen molar-refractivity contribution in [3.8, 4) is 0 Å². The van der Waals surface area contributed by atoms with Crippen LogP contribution in [0.15, 0.2) is 30.3 Å². The summed E-state index contributed by atoms with van der Waals surface area (Å²) in [5.41, 5.74) is 0.899. The van der Waals surface area contributed by atoms with E-state index in [1.807, 2.05) is 49.3 Å². The van der Waals surface area contributed by atoms with E-state index >= 15 is 0 Å². The Morgan fingerprint density at radius 2 is 1.77 bits per heavy atom. The first-order chi connectivity index (χ1) is 5.70. The van der Waals surface area contributed by atoms with Gasteiger partial charge in [-0.25, -0.2) is 0 Å². The number of hydrogen-bond donors (Lipinski definition) is 0. The molecule has 0 radical (unpaired) electrons. The van der Waals surface area contributed by atoms with E-state index < -0.39 is 0 Å². The normalized spacial score (nSPS) is 8.46. The summed E-state index contributed by atoms with van der Waals surface area (Å²) in [6.45, 7) is 0. The van der Waals surface area contributed by atoms with Crippen LogP contribution in [-0.4, -0.2) is 24.1 Å². The molecule has 64 valence electrons. The van der Waals surface area contributed by atoms with Crippen molar-refractivity contribution in [1.29, 1.82) is 0 Å². The van der Waals surface area contributed by atoms with Crippen molar-refractivity contribution < 1.29 is 29.6 Å². The number of benzene rings is 1. The minimum absolute atomic E-state index is 0. The van der Waals surface area contributed by atoms with Crippen LogP contribution in [0, 0.1) is 0 Å². The molecule has 0 saturated heterocycles. The third-order valence-electron chi connectivity index (χ3n) is 1.36. The van der Waals surface area contributed by atoms with Crippen molar-refractivity contribution in [2.45, 2.75) is 0 Å². The molecule has 0 aliphatic rings. The van der Waals surface area contributed by atoms with Crippen molar-refractivity contribution in [1.82, 2.24) is 4.90 Å². The van der Waals surface area contributed by atoms with E-state index in [2.05, 4.69) is 5.32 Å². The Balaban J connectivity index is 0.00000144. The standard InChI is InChI=1S/C9H12N2S.Na/c1-11(2)9(12)10-8-6-4-3-5-7-8;/h3-7H,1-2H3,(H,10,12);/q;+1/p-1. The van der Waals surface area contributed by atoms with Gasteiger partial charge in [-0.2, -0.15) is 0 Å². The SMILES string of the molecule is CN(C)C(=S)[N-]c1ccccc1.[Na+]. The average molecular weight is 202 g/mol. The second-order valence-electron chi connectivity index (χ2n) is 2.62. The second kappa shape index (κ2) is 6.38. The number of nitrogens with zero attached hydrogens (tertiary/aromatic N) is 2. The fraction of sp³-hybridized carbons (Fsp3) is 0.222. The maximum Gasteiger partial charge on any atom is 1.00 e. The van der Waals surface area contributed by atoms with Crippen LogP contribution in [0.1, 0.15) is 0 Å². The van der Waals surface area contributed by atoms with Gasteiger partial charge in [0, 0.05) is 5.11 Å². The van der Waals surface area contributed by atoms with Gasteiger partial charge in [0.25, 0.3) is 0 Å². The molecule has 0 aliphatic carbocycles. The third-order valence-corrected chi connectivity index (χ3v) is 1.82. The van der Waals surface area contributed by atoms with E-state index in [1.54, 1.807) is 0 Å². The number of rotatable bonds is 1. The predicted molar refractivity (Wildman–Crippen MR) is 55.7 cm³/mol. The summed E-state index contributed by atoms with van der Waals surface area (Å²) in [4.78, 5) is 1.81. The molecule has 0 heterocycles. The van der Waals surface area contributed by atoms with Gasteiger partial charge in [-0.1, -0.05) is 56.6 Å². The van der Waals surface area contributed by atoms with E-state index in [1.165, 1.54) is 0 Å². The molecule has 0 N–H and O–H groups in total. The monoisotopic (exact) mass is 202 g/mol. The fourth-order valence-corrected chi connectivity index (χ4v) is 0.818. The fourth-order valence-electron chi connectivity index (χ4n) is 0.713. The third kappa shape index (κ3) is 4.62. The average Bonchev–Trinajstić information content (AvgIpc) is 2.06. The molecule has 1 aromatic rings. The second-order valence-corrected chi connectivity index (χ2v) is 2.99. The minimum Gasteiger partial charge on any atom is -0.466 e.